The van der Waals surface area contributed by atoms with Gasteiger partial charge in [-0.05, 0) is 13.8 Å². The van der Waals surface area contributed by atoms with E-state index in [0.29, 0.717) is 0 Å². The summed E-state index contributed by atoms with van der Waals surface area (Å²) in [6.07, 6.45) is -8.53. The van der Waals surface area contributed by atoms with Crippen LogP contribution in [0.5, 0.6) is 0 Å². The molecule has 0 aromatic rings. The van der Waals surface area contributed by atoms with E-state index in [-0.39, 0.29) is 13.8 Å². The Labute approximate surface area is 124 Å². The molecule has 0 aliphatic heterocycles. The van der Waals surface area contributed by atoms with Gasteiger partial charge in [-0.15, -0.1) is 0 Å². The Morgan fingerprint density at radius 2 is 0.750 bits per heavy atom. The topological polar surface area (TPSA) is 17.1 Å². The molecular formula is C10H7F13O. The summed E-state index contributed by atoms with van der Waals surface area (Å²) in [5.74, 6) is -37.4. The summed E-state index contributed by atoms with van der Waals surface area (Å²) in [6, 6.07) is 0. The monoisotopic (exact) mass is 390 g/mol. The maximum absolute atomic E-state index is 13.4. The first kappa shape index (κ1) is 22.8. The van der Waals surface area contributed by atoms with Gasteiger partial charge < -0.3 is 4.79 Å². The molecule has 0 aliphatic carbocycles. The van der Waals surface area contributed by atoms with Gasteiger partial charge in [0.1, 0.15) is 6.29 Å². The zero-order chi connectivity index (χ0) is 20.2. The number of carbonyl (C=O) groups excluding carboxylic acids is 1. The molecule has 0 atom stereocenters. The number of alkyl halides is 13. The lowest BCUT2D eigenvalue weighted by molar-refractivity contribution is -0.444. The van der Waals surface area contributed by atoms with Crippen LogP contribution >= 0.6 is 0 Å². The predicted octanol–water partition coefficient (Wildman–Crippen LogP) is 4.95. The summed E-state index contributed by atoms with van der Waals surface area (Å²) < 4.78 is 166. The summed E-state index contributed by atoms with van der Waals surface area (Å²) >= 11 is 0. The lowest BCUT2D eigenvalue weighted by Crippen LogP contribution is -2.72. The molecule has 0 fully saturated rings. The van der Waals surface area contributed by atoms with E-state index >= 15 is 0 Å². The van der Waals surface area contributed by atoms with Crippen molar-refractivity contribution in [1.82, 2.24) is 0 Å². The third-order valence-corrected chi connectivity index (χ3v) is 3.04. The Morgan fingerprint density at radius 1 is 0.500 bits per heavy atom. The van der Waals surface area contributed by atoms with Gasteiger partial charge in [0.2, 0.25) is 0 Å². The van der Waals surface area contributed by atoms with Crippen LogP contribution in [0.4, 0.5) is 57.1 Å². The number of aldehydes is 1. The van der Waals surface area contributed by atoms with E-state index in [4.69, 9.17) is 0 Å². The summed E-state index contributed by atoms with van der Waals surface area (Å²) in [6.45, 7) is -0.270. The molecule has 0 saturated heterocycles. The summed E-state index contributed by atoms with van der Waals surface area (Å²) in [4.78, 5) is 10.3. The van der Waals surface area contributed by atoms with Gasteiger partial charge in [-0.3, -0.25) is 0 Å². The molecule has 0 aromatic carbocycles. The maximum atomic E-state index is 13.4. The second-order valence-electron chi connectivity index (χ2n) is 5.21. The number of hydrogen-bond donors (Lipinski definition) is 0. The molecule has 0 spiro atoms. The third-order valence-electron chi connectivity index (χ3n) is 3.04. The fourth-order valence-electron chi connectivity index (χ4n) is 1.25. The lowest BCUT2D eigenvalue weighted by atomic mass is 9.79. The van der Waals surface area contributed by atoms with Crippen LogP contribution in [0.25, 0.3) is 0 Å². The lowest BCUT2D eigenvalue weighted by Gasteiger charge is -2.42. The smallest absolute Gasteiger partial charge is 0.303 e. The zero-order valence-corrected chi connectivity index (χ0v) is 11.4. The van der Waals surface area contributed by atoms with E-state index in [9.17, 15) is 61.9 Å². The van der Waals surface area contributed by atoms with Crippen molar-refractivity contribution >= 4 is 6.29 Å². The van der Waals surface area contributed by atoms with Crippen molar-refractivity contribution in [3.05, 3.63) is 0 Å². The van der Waals surface area contributed by atoms with E-state index in [1.807, 2.05) is 0 Å². The Hall–Kier alpha value is -1.24. The van der Waals surface area contributed by atoms with Crippen LogP contribution in [0.3, 0.4) is 0 Å². The van der Waals surface area contributed by atoms with Crippen LogP contribution in [0.2, 0.25) is 0 Å². The molecule has 1 nitrogen and oxygen atoms in total. The van der Waals surface area contributed by atoms with Crippen molar-refractivity contribution in [2.45, 2.75) is 49.6 Å². The van der Waals surface area contributed by atoms with Gasteiger partial charge in [-0.2, -0.15) is 57.1 Å². The summed E-state index contributed by atoms with van der Waals surface area (Å²) in [5.41, 5.74) is -3.80. The van der Waals surface area contributed by atoms with Gasteiger partial charge in [0, 0.05) is 0 Å². The van der Waals surface area contributed by atoms with Crippen molar-refractivity contribution in [3.8, 4) is 0 Å². The zero-order valence-electron chi connectivity index (χ0n) is 11.4. The number of rotatable bonds is 6. The molecule has 0 amide bonds. The predicted molar refractivity (Wildman–Crippen MR) is 50.6 cm³/mol. The Bertz CT molecular complexity index is 487. The van der Waals surface area contributed by atoms with Crippen LogP contribution in [-0.4, -0.2) is 42.1 Å². The highest BCUT2D eigenvalue weighted by Crippen LogP contribution is 2.62. The van der Waals surface area contributed by atoms with Gasteiger partial charge in [-0.1, -0.05) is 0 Å². The highest BCUT2D eigenvalue weighted by atomic mass is 19.4. The minimum Gasteiger partial charge on any atom is -0.303 e. The maximum Gasteiger partial charge on any atom is 0.460 e. The summed E-state index contributed by atoms with van der Waals surface area (Å²) in [5, 5.41) is 0. The number of halogens is 13. The van der Waals surface area contributed by atoms with Gasteiger partial charge >= 0.3 is 35.8 Å². The molecule has 0 unspecified atom stereocenters. The molecule has 0 aliphatic rings. The van der Waals surface area contributed by atoms with E-state index < -0.39 is 47.5 Å². The average molecular weight is 390 g/mol. The molecule has 0 radical (unpaired) electrons. The van der Waals surface area contributed by atoms with Crippen LogP contribution in [0.1, 0.15) is 13.8 Å². The first-order valence-electron chi connectivity index (χ1n) is 5.48. The van der Waals surface area contributed by atoms with Crippen molar-refractivity contribution in [1.29, 1.82) is 0 Å². The second-order valence-corrected chi connectivity index (χ2v) is 5.21. The minimum atomic E-state index is -7.95. The first-order valence-corrected chi connectivity index (χ1v) is 5.48. The van der Waals surface area contributed by atoms with Gasteiger partial charge in [0.05, 0.1) is 5.41 Å². The van der Waals surface area contributed by atoms with E-state index in [2.05, 4.69) is 0 Å². The normalized spacial score (nSPS) is 16.3. The van der Waals surface area contributed by atoms with Crippen molar-refractivity contribution in [3.63, 3.8) is 0 Å². The van der Waals surface area contributed by atoms with Crippen LogP contribution < -0.4 is 0 Å². The quantitative estimate of drug-likeness (QED) is 0.464. The Kier molecular flexibility index (Phi) is 5.10. The highest BCUT2D eigenvalue weighted by molar-refractivity contribution is 5.60. The minimum absolute atomic E-state index is 0.135. The molecule has 14 heteroatoms. The molecule has 0 rings (SSSR count). The number of hydrogen-bond acceptors (Lipinski definition) is 1. The first-order chi connectivity index (χ1) is 10.1. The van der Waals surface area contributed by atoms with E-state index in [0.717, 1.165) is 0 Å². The van der Waals surface area contributed by atoms with Crippen molar-refractivity contribution in [2.75, 3.05) is 0 Å². The van der Waals surface area contributed by atoms with Gasteiger partial charge in [0.15, 0.2) is 0 Å². The molecule has 0 heterocycles. The summed E-state index contributed by atoms with van der Waals surface area (Å²) in [7, 11) is 0. The fraction of sp³-hybridized carbons (Fsp3) is 0.900. The molecular weight excluding hydrogens is 383 g/mol. The largest absolute Gasteiger partial charge is 0.460 e. The molecule has 0 saturated carbocycles. The van der Waals surface area contributed by atoms with Crippen molar-refractivity contribution < 1.29 is 61.9 Å². The van der Waals surface area contributed by atoms with E-state index in [1.54, 1.807) is 0 Å². The SMILES string of the molecule is CC(C)(C=O)C(F)(F)C(F)(F)C(F)(F)C(F)(F)C(F)(F)C(F)(F)F. The van der Waals surface area contributed by atoms with Gasteiger partial charge in [-0.25, -0.2) is 0 Å². The average Bonchev–Trinajstić information content (AvgIpc) is 2.36. The standard InChI is InChI=1S/C10H7F13O/c1-4(2,3-24)5(11,12)6(13,14)7(15,16)8(17,18)9(19,20)10(21,22)23/h3H,1-2H3. The molecule has 24 heavy (non-hydrogen) atoms. The van der Waals surface area contributed by atoms with Gasteiger partial charge in [0.25, 0.3) is 0 Å². The fourth-order valence-corrected chi connectivity index (χ4v) is 1.25. The van der Waals surface area contributed by atoms with Crippen LogP contribution in [0, 0.1) is 5.41 Å². The Balaban J connectivity index is 6.47. The molecule has 144 valence electrons. The second kappa shape index (κ2) is 5.38. The highest BCUT2D eigenvalue weighted by Gasteiger charge is 2.91. The molecule has 0 N–H and O–H groups in total. The van der Waals surface area contributed by atoms with E-state index in [1.165, 1.54) is 0 Å². The Morgan fingerprint density at radius 3 is 1.00 bits per heavy atom. The third kappa shape index (κ3) is 2.61. The molecule has 0 bridgehead atoms. The van der Waals surface area contributed by atoms with Crippen LogP contribution in [0.15, 0.2) is 0 Å². The molecule has 0 aromatic heterocycles. The number of carbonyl (C=O) groups is 1. The van der Waals surface area contributed by atoms with Crippen molar-refractivity contribution in [2.24, 2.45) is 5.41 Å². The van der Waals surface area contributed by atoms with Crippen LogP contribution in [-0.2, 0) is 4.79 Å².